The molecule has 2 unspecified atom stereocenters. The van der Waals surface area contributed by atoms with Gasteiger partial charge in [-0.1, -0.05) is 53.5 Å². The van der Waals surface area contributed by atoms with Crippen molar-refractivity contribution < 1.29 is 33.7 Å². The number of carbonyl (C=O) groups excluding carboxylic acids is 2. The number of benzene rings is 2. The molecule has 2 aliphatic heterocycles. The second-order valence-corrected chi connectivity index (χ2v) is 15.6. The highest BCUT2D eigenvalue weighted by Gasteiger charge is 2.30. The zero-order valence-corrected chi connectivity index (χ0v) is 33.0. The first-order valence-electron chi connectivity index (χ1n) is 18.1. The molecule has 2 fully saturated rings. The van der Waals surface area contributed by atoms with Gasteiger partial charge in [0.15, 0.2) is 0 Å². The Labute approximate surface area is 330 Å². The van der Waals surface area contributed by atoms with Crippen LogP contribution >= 0.6 is 23.2 Å². The van der Waals surface area contributed by atoms with Gasteiger partial charge in [-0.15, -0.1) is 0 Å². The van der Waals surface area contributed by atoms with Crippen molar-refractivity contribution >= 4 is 41.2 Å². The molecule has 14 heteroatoms. The molecule has 0 radical (unpaired) electrons. The topological polar surface area (TPSA) is 143 Å². The molecule has 12 nitrogen and oxygen atoms in total. The van der Waals surface area contributed by atoms with Crippen LogP contribution in [0.1, 0.15) is 51.2 Å². The number of nitrogens with one attached hydrogen (secondary N) is 1. The monoisotopic (exact) mass is 789 g/mol. The van der Waals surface area contributed by atoms with Crippen LogP contribution in [0, 0.1) is 5.92 Å². The SMILES string of the molecule is COc1cc(-c2nccc(-c3cccc(-c4ccc(CN(CC5CCC(=O)N5)C(=O)OC(C)(C)C)c(OC)n4)c3Cl)c2Cl)ccc1CN1CCC(C(=O)O)C1. The Morgan fingerprint density at radius 3 is 2.40 bits per heavy atom. The van der Waals surface area contributed by atoms with E-state index in [2.05, 4.69) is 15.2 Å². The van der Waals surface area contributed by atoms with E-state index in [0.29, 0.717) is 94.2 Å². The normalized spacial score (nSPS) is 17.2. The van der Waals surface area contributed by atoms with E-state index < -0.39 is 17.7 Å². The largest absolute Gasteiger partial charge is 0.496 e. The van der Waals surface area contributed by atoms with E-state index in [1.165, 1.54) is 7.11 Å². The first-order chi connectivity index (χ1) is 26.2. The molecule has 2 amide bonds. The van der Waals surface area contributed by atoms with Gasteiger partial charge in [0, 0.05) is 71.7 Å². The molecule has 55 heavy (non-hydrogen) atoms. The van der Waals surface area contributed by atoms with Crippen LogP contribution in [0.5, 0.6) is 11.6 Å². The van der Waals surface area contributed by atoms with Crippen molar-refractivity contribution in [2.45, 2.75) is 64.8 Å². The fraction of sp³-hybridized carbons (Fsp3) is 0.390. The number of amides is 2. The van der Waals surface area contributed by atoms with Gasteiger partial charge in [-0.2, -0.15) is 0 Å². The van der Waals surface area contributed by atoms with Gasteiger partial charge in [-0.3, -0.25) is 19.5 Å². The fourth-order valence-electron chi connectivity index (χ4n) is 6.96. The quantitative estimate of drug-likeness (QED) is 0.146. The summed E-state index contributed by atoms with van der Waals surface area (Å²) in [7, 11) is 3.12. The maximum absolute atomic E-state index is 13.3. The summed E-state index contributed by atoms with van der Waals surface area (Å²) in [6.45, 7) is 7.62. The zero-order chi connectivity index (χ0) is 39.4. The van der Waals surface area contributed by atoms with Crippen LogP contribution in [0.4, 0.5) is 4.79 Å². The molecule has 6 rings (SSSR count). The van der Waals surface area contributed by atoms with Crippen LogP contribution in [0.2, 0.25) is 10.0 Å². The first kappa shape index (κ1) is 39.8. The summed E-state index contributed by atoms with van der Waals surface area (Å²) in [5, 5.41) is 13.2. The molecule has 2 N–H and O–H groups in total. The second kappa shape index (κ2) is 16.8. The molecule has 2 aromatic carbocycles. The molecule has 0 bridgehead atoms. The van der Waals surface area contributed by atoms with Crippen LogP contribution in [0.15, 0.2) is 60.8 Å². The lowest BCUT2D eigenvalue weighted by Gasteiger charge is -2.29. The summed E-state index contributed by atoms with van der Waals surface area (Å²) >= 11 is 14.2. The fourth-order valence-corrected chi connectivity index (χ4v) is 7.61. The minimum absolute atomic E-state index is 0.0387. The number of nitrogens with zero attached hydrogens (tertiary/aromatic N) is 4. The van der Waals surface area contributed by atoms with E-state index in [1.807, 2.05) is 54.6 Å². The van der Waals surface area contributed by atoms with E-state index in [-0.39, 0.29) is 31.0 Å². The molecule has 290 valence electrons. The van der Waals surface area contributed by atoms with Crippen LogP contribution in [-0.4, -0.2) is 88.3 Å². The lowest BCUT2D eigenvalue weighted by atomic mass is 9.99. The Hall–Kier alpha value is -4.91. The molecular weight excluding hydrogens is 745 g/mol. The number of halogens is 2. The Balaban J connectivity index is 1.26. The molecule has 0 spiro atoms. The molecule has 2 saturated heterocycles. The average Bonchev–Trinajstić information content (AvgIpc) is 3.80. The molecule has 2 aromatic heterocycles. The maximum Gasteiger partial charge on any atom is 0.410 e. The summed E-state index contributed by atoms with van der Waals surface area (Å²) in [6, 6.07) is 16.7. The summed E-state index contributed by atoms with van der Waals surface area (Å²) in [4.78, 5) is 49.7. The van der Waals surface area contributed by atoms with Gasteiger partial charge in [-0.05, 0) is 64.4 Å². The predicted molar refractivity (Wildman–Crippen MR) is 210 cm³/mol. The number of hydrogen-bond acceptors (Lipinski definition) is 9. The van der Waals surface area contributed by atoms with E-state index in [1.54, 1.807) is 39.0 Å². The second-order valence-electron chi connectivity index (χ2n) is 14.8. The molecular formula is C41H45Cl2N5O7. The number of carboxylic acids is 1. The minimum atomic E-state index is -0.766. The molecule has 2 atom stereocenters. The number of aromatic nitrogens is 2. The van der Waals surface area contributed by atoms with Crippen molar-refractivity contribution in [2.24, 2.45) is 5.92 Å². The molecule has 0 saturated carbocycles. The predicted octanol–water partition coefficient (Wildman–Crippen LogP) is 7.72. The van der Waals surface area contributed by atoms with Gasteiger partial charge < -0.3 is 29.5 Å². The molecule has 4 heterocycles. The highest BCUT2D eigenvalue weighted by atomic mass is 35.5. The number of methoxy groups -OCH3 is 2. The number of ether oxygens (including phenoxy) is 3. The van der Waals surface area contributed by atoms with E-state index in [0.717, 1.165) is 11.1 Å². The summed E-state index contributed by atoms with van der Waals surface area (Å²) in [5.74, 6) is -0.196. The third-order valence-electron chi connectivity index (χ3n) is 9.70. The van der Waals surface area contributed by atoms with Gasteiger partial charge in [0.05, 0.1) is 48.1 Å². The number of pyridine rings is 2. The van der Waals surface area contributed by atoms with Crippen molar-refractivity contribution in [3.05, 3.63) is 82.0 Å². The number of carboxylic acid groups (broad SMARTS) is 1. The molecule has 4 aromatic rings. The van der Waals surface area contributed by atoms with Gasteiger partial charge in [-0.25, -0.2) is 9.78 Å². The number of rotatable bonds is 12. The first-order valence-corrected chi connectivity index (χ1v) is 18.9. The van der Waals surface area contributed by atoms with Crippen LogP contribution < -0.4 is 14.8 Å². The summed E-state index contributed by atoms with van der Waals surface area (Å²) in [6.07, 6.45) is 2.84. The third kappa shape index (κ3) is 9.32. The standard InChI is InChI=1S/C41H45Cl2N5O7/c1-41(2,3)55-40(52)48(23-28-12-14-34(49)45-28)22-26-11-13-32(46-38(26)54-5)31-8-6-7-29(35(31)42)30-15-17-44-37(36(30)43)24-9-10-25(33(19-24)53-4)20-47-18-16-27(21-47)39(50)51/h6-11,13,15,17,19,27-28H,12,14,16,18,20-23H2,1-5H3,(H,45,49)(H,50,51). The summed E-state index contributed by atoms with van der Waals surface area (Å²) in [5.41, 5.74) is 4.74. The summed E-state index contributed by atoms with van der Waals surface area (Å²) < 4.78 is 17.2. The van der Waals surface area contributed by atoms with Crippen LogP contribution in [0.25, 0.3) is 33.6 Å². The van der Waals surface area contributed by atoms with Gasteiger partial charge >= 0.3 is 12.1 Å². The molecule has 0 aliphatic carbocycles. The van der Waals surface area contributed by atoms with E-state index >= 15 is 0 Å². The maximum atomic E-state index is 13.3. The number of aliphatic carboxylic acids is 1. The number of hydrogen-bond donors (Lipinski definition) is 2. The van der Waals surface area contributed by atoms with Crippen molar-refractivity contribution in [1.82, 2.24) is 25.1 Å². The average molecular weight is 791 g/mol. The Bertz CT molecular complexity index is 2090. The van der Waals surface area contributed by atoms with Crippen molar-refractivity contribution in [2.75, 3.05) is 33.9 Å². The van der Waals surface area contributed by atoms with Crippen molar-refractivity contribution in [1.29, 1.82) is 0 Å². The third-order valence-corrected chi connectivity index (χ3v) is 10.5. The smallest absolute Gasteiger partial charge is 0.410 e. The number of carbonyl (C=O) groups is 3. The lowest BCUT2D eigenvalue weighted by Crippen LogP contribution is -2.43. The Morgan fingerprint density at radius 1 is 0.982 bits per heavy atom. The van der Waals surface area contributed by atoms with Crippen molar-refractivity contribution in [3.63, 3.8) is 0 Å². The van der Waals surface area contributed by atoms with Crippen LogP contribution in [0.3, 0.4) is 0 Å². The zero-order valence-electron chi connectivity index (χ0n) is 31.5. The van der Waals surface area contributed by atoms with Gasteiger partial charge in [0.25, 0.3) is 0 Å². The van der Waals surface area contributed by atoms with E-state index in [9.17, 15) is 19.5 Å². The lowest BCUT2D eigenvalue weighted by molar-refractivity contribution is -0.141. The Morgan fingerprint density at radius 2 is 1.73 bits per heavy atom. The Kier molecular flexibility index (Phi) is 12.2. The van der Waals surface area contributed by atoms with Gasteiger partial charge in [0.2, 0.25) is 11.8 Å². The highest BCUT2D eigenvalue weighted by Crippen LogP contribution is 2.42. The van der Waals surface area contributed by atoms with E-state index in [4.69, 9.17) is 42.4 Å². The van der Waals surface area contributed by atoms with Crippen molar-refractivity contribution in [3.8, 4) is 45.3 Å². The molecule has 2 aliphatic rings. The van der Waals surface area contributed by atoms with Gasteiger partial charge in [0.1, 0.15) is 11.4 Å². The van der Waals surface area contributed by atoms with Crippen LogP contribution in [-0.2, 0) is 27.4 Å². The number of likely N-dealkylation sites (tertiary alicyclic amines) is 1. The minimum Gasteiger partial charge on any atom is -0.496 e. The highest BCUT2D eigenvalue weighted by molar-refractivity contribution is 6.39.